The van der Waals surface area contributed by atoms with Crippen LogP contribution in [0.4, 0.5) is 10.1 Å². The van der Waals surface area contributed by atoms with Crippen molar-refractivity contribution in [3.05, 3.63) is 28.0 Å². The van der Waals surface area contributed by atoms with Crippen molar-refractivity contribution in [2.45, 2.75) is 6.42 Å². The number of anilines is 1. The molecule has 1 aromatic carbocycles. The number of benzene rings is 1. The number of nitrogens with zero attached hydrogens (tertiary/aromatic N) is 1. The second kappa shape index (κ2) is 5.93. The molecule has 1 aromatic rings. The predicted octanol–water partition coefficient (Wildman–Crippen LogP) is 2.82. The first kappa shape index (κ1) is 13.7. The van der Waals surface area contributed by atoms with Gasteiger partial charge in [-0.1, -0.05) is 0 Å². The van der Waals surface area contributed by atoms with Gasteiger partial charge in [-0.2, -0.15) is 11.8 Å². The van der Waals surface area contributed by atoms with Crippen LogP contribution in [-0.4, -0.2) is 30.4 Å². The van der Waals surface area contributed by atoms with Crippen LogP contribution in [0.25, 0.3) is 0 Å². The minimum Gasteiger partial charge on any atom is -0.384 e. The van der Waals surface area contributed by atoms with Crippen molar-refractivity contribution in [1.82, 2.24) is 0 Å². The van der Waals surface area contributed by atoms with Crippen LogP contribution >= 0.6 is 27.7 Å². The third-order valence-electron chi connectivity index (χ3n) is 2.92. The van der Waals surface area contributed by atoms with E-state index in [4.69, 9.17) is 11.1 Å². The van der Waals surface area contributed by atoms with Crippen LogP contribution in [-0.2, 0) is 0 Å². The Balaban J connectivity index is 2.33. The van der Waals surface area contributed by atoms with Crippen molar-refractivity contribution in [3.63, 3.8) is 0 Å². The van der Waals surface area contributed by atoms with Gasteiger partial charge in [0.25, 0.3) is 0 Å². The van der Waals surface area contributed by atoms with Gasteiger partial charge in [0.05, 0.1) is 10.2 Å². The number of amidine groups is 1. The molecule has 18 heavy (non-hydrogen) atoms. The Labute approximate surface area is 119 Å². The van der Waals surface area contributed by atoms with Crippen LogP contribution in [0, 0.1) is 11.2 Å². The average molecular weight is 332 g/mol. The van der Waals surface area contributed by atoms with Crippen LogP contribution in [0.5, 0.6) is 0 Å². The summed E-state index contributed by atoms with van der Waals surface area (Å²) < 4.78 is 14.6. The van der Waals surface area contributed by atoms with Gasteiger partial charge in [-0.25, -0.2) is 4.39 Å². The normalized spacial score (nSPS) is 16.4. The molecule has 1 saturated heterocycles. The van der Waals surface area contributed by atoms with Crippen LogP contribution in [0.1, 0.15) is 12.0 Å². The molecule has 3 nitrogen and oxygen atoms in total. The second-order valence-electron chi connectivity index (χ2n) is 4.13. The van der Waals surface area contributed by atoms with E-state index in [1.165, 1.54) is 0 Å². The maximum absolute atomic E-state index is 14.3. The van der Waals surface area contributed by atoms with Gasteiger partial charge < -0.3 is 10.6 Å². The fourth-order valence-electron chi connectivity index (χ4n) is 1.98. The van der Waals surface area contributed by atoms with E-state index in [2.05, 4.69) is 20.8 Å². The van der Waals surface area contributed by atoms with Gasteiger partial charge >= 0.3 is 0 Å². The summed E-state index contributed by atoms with van der Waals surface area (Å²) in [6.45, 7) is 1.73. The number of halogens is 2. The van der Waals surface area contributed by atoms with E-state index >= 15 is 0 Å². The first-order valence-corrected chi connectivity index (χ1v) is 7.71. The molecule has 0 radical (unpaired) electrons. The van der Waals surface area contributed by atoms with Gasteiger partial charge in [0.15, 0.2) is 5.82 Å². The zero-order chi connectivity index (χ0) is 13.1. The fourth-order valence-corrected chi connectivity index (χ4v) is 3.41. The summed E-state index contributed by atoms with van der Waals surface area (Å²) in [6.07, 6.45) is 1.07. The van der Waals surface area contributed by atoms with Crippen molar-refractivity contribution in [1.29, 1.82) is 5.41 Å². The number of rotatable bonds is 2. The Bertz CT molecular complexity index is 459. The third kappa shape index (κ3) is 2.80. The summed E-state index contributed by atoms with van der Waals surface area (Å²) in [5, 5.41) is 7.39. The standard InChI is InChI=1S/C12H15BrFN3S/c13-10-8(12(15)16)2-3-9(11(10)14)17-4-1-6-18-7-5-17/h2-3H,1,4-7H2,(H3,15,16). The maximum Gasteiger partial charge on any atom is 0.161 e. The molecule has 98 valence electrons. The van der Waals surface area contributed by atoms with Gasteiger partial charge in [-0.05, 0) is 40.2 Å². The Kier molecular flexibility index (Phi) is 4.50. The largest absolute Gasteiger partial charge is 0.384 e. The van der Waals surface area contributed by atoms with Crippen LogP contribution in [0.2, 0.25) is 0 Å². The van der Waals surface area contributed by atoms with E-state index in [-0.39, 0.29) is 16.1 Å². The molecule has 0 bridgehead atoms. The zero-order valence-corrected chi connectivity index (χ0v) is 12.3. The smallest absolute Gasteiger partial charge is 0.161 e. The molecule has 0 aromatic heterocycles. The topological polar surface area (TPSA) is 53.1 Å². The second-order valence-corrected chi connectivity index (χ2v) is 6.14. The van der Waals surface area contributed by atoms with Crippen molar-refractivity contribution in [3.8, 4) is 0 Å². The monoisotopic (exact) mass is 331 g/mol. The van der Waals surface area contributed by atoms with Crippen LogP contribution in [0.15, 0.2) is 16.6 Å². The Hall–Kier alpha value is -0.750. The van der Waals surface area contributed by atoms with E-state index in [9.17, 15) is 4.39 Å². The lowest BCUT2D eigenvalue weighted by atomic mass is 10.1. The van der Waals surface area contributed by atoms with Crippen LogP contribution in [0.3, 0.4) is 0 Å². The molecular formula is C12H15BrFN3S. The lowest BCUT2D eigenvalue weighted by Crippen LogP contribution is -2.27. The predicted molar refractivity (Wildman–Crippen MR) is 79.3 cm³/mol. The number of hydrogen-bond donors (Lipinski definition) is 2. The van der Waals surface area contributed by atoms with E-state index in [0.29, 0.717) is 11.3 Å². The van der Waals surface area contributed by atoms with E-state index in [1.54, 1.807) is 12.1 Å². The molecule has 2 rings (SSSR count). The molecule has 6 heteroatoms. The summed E-state index contributed by atoms with van der Waals surface area (Å²) in [7, 11) is 0. The number of nitrogen functional groups attached to an aromatic ring is 1. The highest BCUT2D eigenvalue weighted by atomic mass is 79.9. The number of thioether (sulfide) groups is 1. The molecule has 0 unspecified atom stereocenters. The molecule has 0 spiro atoms. The molecule has 1 aliphatic heterocycles. The lowest BCUT2D eigenvalue weighted by molar-refractivity contribution is 0.611. The SMILES string of the molecule is N=C(N)c1ccc(N2CCCSCC2)c(F)c1Br. The summed E-state index contributed by atoms with van der Waals surface area (Å²) >= 11 is 5.09. The Morgan fingerprint density at radius 2 is 2.17 bits per heavy atom. The maximum atomic E-state index is 14.3. The van der Waals surface area contributed by atoms with Gasteiger partial charge in [0.1, 0.15) is 5.84 Å². The molecule has 0 amide bonds. The van der Waals surface area contributed by atoms with E-state index in [0.717, 1.165) is 31.0 Å². The van der Waals surface area contributed by atoms with E-state index < -0.39 is 0 Å². The molecule has 0 atom stereocenters. The quantitative estimate of drug-likeness (QED) is 0.647. The zero-order valence-electron chi connectivity index (χ0n) is 9.88. The first-order valence-electron chi connectivity index (χ1n) is 5.76. The van der Waals surface area contributed by atoms with Crippen molar-refractivity contribution < 1.29 is 4.39 Å². The molecule has 1 fully saturated rings. The van der Waals surface area contributed by atoms with Gasteiger partial charge in [0, 0.05) is 24.4 Å². The third-order valence-corrected chi connectivity index (χ3v) is 4.74. The fraction of sp³-hybridized carbons (Fsp3) is 0.417. The van der Waals surface area contributed by atoms with Gasteiger partial charge in [0.2, 0.25) is 0 Å². The summed E-state index contributed by atoms with van der Waals surface area (Å²) in [6, 6.07) is 3.41. The molecule has 0 saturated carbocycles. The summed E-state index contributed by atoms with van der Waals surface area (Å²) in [5.41, 5.74) is 6.40. The highest BCUT2D eigenvalue weighted by Gasteiger charge is 2.18. The van der Waals surface area contributed by atoms with Crippen molar-refractivity contribution >= 4 is 39.2 Å². The molecule has 1 aliphatic rings. The highest BCUT2D eigenvalue weighted by Crippen LogP contribution is 2.30. The Morgan fingerprint density at radius 1 is 1.39 bits per heavy atom. The minimum absolute atomic E-state index is 0.126. The number of nitrogens with two attached hydrogens (primary N) is 1. The number of hydrogen-bond acceptors (Lipinski definition) is 3. The highest BCUT2D eigenvalue weighted by molar-refractivity contribution is 9.10. The Morgan fingerprint density at radius 3 is 2.89 bits per heavy atom. The average Bonchev–Trinajstić information content (AvgIpc) is 2.60. The number of nitrogens with one attached hydrogen (secondary N) is 1. The lowest BCUT2D eigenvalue weighted by Gasteiger charge is -2.23. The molecule has 1 heterocycles. The summed E-state index contributed by atoms with van der Waals surface area (Å²) in [5.74, 6) is 1.70. The molecular weight excluding hydrogens is 317 g/mol. The van der Waals surface area contributed by atoms with Crippen molar-refractivity contribution in [2.75, 3.05) is 29.5 Å². The van der Waals surface area contributed by atoms with Gasteiger partial charge in [-0.3, -0.25) is 5.41 Å². The van der Waals surface area contributed by atoms with Crippen molar-refractivity contribution in [2.24, 2.45) is 5.73 Å². The molecule has 0 aliphatic carbocycles. The first-order chi connectivity index (χ1) is 8.61. The van der Waals surface area contributed by atoms with Crippen LogP contribution < -0.4 is 10.6 Å². The van der Waals surface area contributed by atoms with E-state index in [1.807, 2.05) is 11.8 Å². The molecule has 3 N–H and O–H groups in total. The minimum atomic E-state index is -0.324. The van der Waals surface area contributed by atoms with Gasteiger partial charge in [-0.15, -0.1) is 0 Å². The summed E-state index contributed by atoms with van der Waals surface area (Å²) in [4.78, 5) is 2.06.